The molecular formula is C21H23Cl2NO4. The van der Waals surface area contributed by atoms with Crippen molar-refractivity contribution in [1.29, 1.82) is 0 Å². The summed E-state index contributed by atoms with van der Waals surface area (Å²) >= 11 is 12.0. The number of benzene rings is 1. The summed E-state index contributed by atoms with van der Waals surface area (Å²) in [5.41, 5.74) is 0.936. The Morgan fingerprint density at radius 3 is 2.46 bits per heavy atom. The van der Waals surface area contributed by atoms with Gasteiger partial charge in [0.25, 0.3) is 0 Å². The maximum atomic E-state index is 9.38. The summed E-state index contributed by atoms with van der Waals surface area (Å²) in [5.74, 6) is 1.26. The van der Waals surface area contributed by atoms with Crippen LogP contribution in [0.15, 0.2) is 48.9 Å². The van der Waals surface area contributed by atoms with Crippen molar-refractivity contribution in [3.63, 3.8) is 0 Å². The number of rotatable bonds is 10. The molecule has 7 heteroatoms. The van der Waals surface area contributed by atoms with Crippen LogP contribution in [-0.2, 0) is 4.74 Å². The monoisotopic (exact) mass is 423 g/mol. The topological polar surface area (TPSA) is 60.8 Å². The predicted octanol–water partition coefficient (Wildman–Crippen LogP) is 5.78. The van der Waals surface area contributed by atoms with Gasteiger partial charge in [-0.15, -0.1) is 0 Å². The standard InChI is InChI=1S/C21H23Cl2NO4/c1-14(25)9-19(26-2)15-3-5-17(6-4-15)27-12-21(7-8-21)13-28-20-18(23)10-16(22)11-24-20/h3-6,10-11,19,25H,1,7-9,12-13H2,2H3. The summed E-state index contributed by atoms with van der Waals surface area (Å²) in [4.78, 5) is 4.12. The van der Waals surface area contributed by atoms with E-state index in [0.29, 0.717) is 35.6 Å². The fraction of sp³-hybridized carbons (Fsp3) is 0.381. The number of pyridine rings is 1. The lowest BCUT2D eigenvalue weighted by molar-refractivity contribution is 0.0935. The van der Waals surface area contributed by atoms with E-state index >= 15 is 0 Å². The molecule has 0 saturated heterocycles. The zero-order chi connectivity index (χ0) is 20.1. The molecule has 0 amide bonds. The van der Waals surface area contributed by atoms with Crippen LogP contribution in [0.1, 0.15) is 30.9 Å². The van der Waals surface area contributed by atoms with Crippen molar-refractivity contribution >= 4 is 23.2 Å². The highest BCUT2D eigenvalue weighted by molar-refractivity contribution is 6.35. The Morgan fingerprint density at radius 2 is 1.89 bits per heavy atom. The highest BCUT2D eigenvalue weighted by atomic mass is 35.5. The molecule has 0 bridgehead atoms. The maximum Gasteiger partial charge on any atom is 0.232 e. The van der Waals surface area contributed by atoms with Crippen LogP contribution in [0.2, 0.25) is 10.0 Å². The highest BCUT2D eigenvalue weighted by Gasteiger charge is 2.44. The minimum absolute atomic E-state index is 0.0208. The Bertz CT molecular complexity index is 822. The molecule has 1 saturated carbocycles. The minimum Gasteiger partial charge on any atom is -0.513 e. The summed E-state index contributed by atoms with van der Waals surface area (Å²) in [5, 5.41) is 10.3. The van der Waals surface area contributed by atoms with Crippen LogP contribution in [0.25, 0.3) is 0 Å². The van der Waals surface area contributed by atoms with E-state index in [1.807, 2.05) is 24.3 Å². The van der Waals surface area contributed by atoms with E-state index in [2.05, 4.69) is 11.6 Å². The molecule has 1 atom stereocenters. The number of nitrogens with zero attached hydrogens (tertiary/aromatic N) is 1. The second kappa shape index (κ2) is 9.03. The first-order valence-corrected chi connectivity index (χ1v) is 9.72. The highest BCUT2D eigenvalue weighted by Crippen LogP contribution is 2.46. The van der Waals surface area contributed by atoms with E-state index in [4.69, 9.17) is 37.4 Å². The minimum atomic E-state index is -0.230. The van der Waals surface area contributed by atoms with Crippen LogP contribution in [0, 0.1) is 5.41 Å². The van der Waals surface area contributed by atoms with Gasteiger partial charge in [0.1, 0.15) is 10.8 Å². The van der Waals surface area contributed by atoms with Crippen LogP contribution in [0.4, 0.5) is 0 Å². The average molecular weight is 424 g/mol. The largest absolute Gasteiger partial charge is 0.513 e. The van der Waals surface area contributed by atoms with Gasteiger partial charge in [0.05, 0.1) is 30.1 Å². The molecule has 0 spiro atoms. The number of hydrogen-bond acceptors (Lipinski definition) is 5. The number of hydrogen-bond donors (Lipinski definition) is 1. The molecule has 0 aliphatic heterocycles. The number of aliphatic hydroxyl groups is 1. The summed E-state index contributed by atoms with van der Waals surface area (Å²) < 4.78 is 17.1. The maximum absolute atomic E-state index is 9.38. The Kier molecular flexibility index (Phi) is 6.70. The molecule has 1 aromatic heterocycles. The van der Waals surface area contributed by atoms with Crippen molar-refractivity contribution in [2.24, 2.45) is 5.41 Å². The molecule has 150 valence electrons. The van der Waals surface area contributed by atoms with Crippen LogP contribution in [0.3, 0.4) is 0 Å². The van der Waals surface area contributed by atoms with Gasteiger partial charge in [0, 0.05) is 25.1 Å². The van der Waals surface area contributed by atoms with E-state index in [0.717, 1.165) is 24.2 Å². The zero-order valence-electron chi connectivity index (χ0n) is 15.7. The van der Waals surface area contributed by atoms with Crippen molar-refractivity contribution < 1.29 is 19.3 Å². The van der Waals surface area contributed by atoms with E-state index in [9.17, 15) is 5.11 Å². The Labute approximate surface area is 174 Å². The van der Waals surface area contributed by atoms with Crippen LogP contribution < -0.4 is 9.47 Å². The lowest BCUT2D eigenvalue weighted by atomic mass is 10.1. The lowest BCUT2D eigenvalue weighted by Crippen LogP contribution is -2.21. The predicted molar refractivity (Wildman–Crippen MR) is 109 cm³/mol. The Morgan fingerprint density at radius 1 is 1.21 bits per heavy atom. The summed E-state index contributed by atoms with van der Waals surface area (Å²) in [7, 11) is 1.61. The quantitative estimate of drug-likeness (QED) is 0.491. The molecule has 0 radical (unpaired) electrons. The van der Waals surface area contributed by atoms with Gasteiger partial charge in [0.2, 0.25) is 5.88 Å². The molecule has 28 heavy (non-hydrogen) atoms. The van der Waals surface area contributed by atoms with Gasteiger partial charge in [0.15, 0.2) is 0 Å². The lowest BCUT2D eigenvalue weighted by Gasteiger charge is -2.18. The van der Waals surface area contributed by atoms with Crippen molar-refractivity contribution in [3.8, 4) is 11.6 Å². The fourth-order valence-corrected chi connectivity index (χ4v) is 3.24. The molecule has 1 N–H and O–H groups in total. The molecule has 1 aliphatic carbocycles. The molecule has 1 aromatic carbocycles. The normalized spacial score (nSPS) is 15.7. The van der Waals surface area contributed by atoms with Crippen molar-refractivity contribution in [2.45, 2.75) is 25.4 Å². The third-order valence-electron chi connectivity index (χ3n) is 4.75. The van der Waals surface area contributed by atoms with Crippen LogP contribution >= 0.6 is 23.2 Å². The van der Waals surface area contributed by atoms with Crippen LogP contribution in [0.5, 0.6) is 11.6 Å². The summed E-state index contributed by atoms with van der Waals surface area (Å²) in [6, 6.07) is 9.27. The van der Waals surface area contributed by atoms with Gasteiger partial charge >= 0.3 is 0 Å². The van der Waals surface area contributed by atoms with Crippen molar-refractivity contribution in [1.82, 2.24) is 4.98 Å². The molecule has 1 aliphatic rings. The van der Waals surface area contributed by atoms with Crippen LogP contribution in [-0.4, -0.2) is 30.4 Å². The smallest absolute Gasteiger partial charge is 0.232 e. The van der Waals surface area contributed by atoms with Gasteiger partial charge in [-0.05, 0) is 36.6 Å². The van der Waals surface area contributed by atoms with Crippen molar-refractivity contribution in [2.75, 3.05) is 20.3 Å². The Hall–Kier alpha value is -1.95. The molecule has 1 unspecified atom stereocenters. The molecule has 1 fully saturated rings. The van der Waals surface area contributed by atoms with E-state index in [-0.39, 0.29) is 17.3 Å². The molecule has 5 nitrogen and oxygen atoms in total. The first-order chi connectivity index (χ1) is 13.4. The first-order valence-electron chi connectivity index (χ1n) is 8.97. The second-order valence-electron chi connectivity index (χ2n) is 7.08. The number of ether oxygens (including phenoxy) is 3. The molecule has 2 aromatic rings. The molecule has 1 heterocycles. The summed E-state index contributed by atoms with van der Waals surface area (Å²) in [6.07, 6.45) is 3.70. The number of methoxy groups -OCH3 is 1. The van der Waals surface area contributed by atoms with E-state index in [1.54, 1.807) is 13.2 Å². The van der Waals surface area contributed by atoms with Gasteiger partial charge < -0.3 is 19.3 Å². The van der Waals surface area contributed by atoms with Gasteiger partial charge in [-0.3, -0.25) is 0 Å². The SMILES string of the molecule is C=C(O)CC(OC)c1ccc(OCC2(COc3ncc(Cl)cc3Cl)CC2)cc1. The molecule has 3 rings (SSSR count). The third-order valence-corrected chi connectivity index (χ3v) is 5.23. The second-order valence-corrected chi connectivity index (χ2v) is 7.93. The Balaban J connectivity index is 1.52. The van der Waals surface area contributed by atoms with E-state index in [1.165, 1.54) is 6.20 Å². The van der Waals surface area contributed by atoms with Gasteiger partial charge in [-0.2, -0.15) is 0 Å². The first kappa shape index (κ1) is 20.8. The van der Waals surface area contributed by atoms with E-state index < -0.39 is 0 Å². The average Bonchev–Trinajstić information content (AvgIpc) is 3.44. The zero-order valence-corrected chi connectivity index (χ0v) is 17.2. The fourth-order valence-electron chi connectivity index (χ4n) is 2.80. The van der Waals surface area contributed by atoms with Crippen molar-refractivity contribution in [3.05, 3.63) is 64.5 Å². The number of aromatic nitrogens is 1. The summed E-state index contributed by atoms with van der Waals surface area (Å²) in [6.45, 7) is 4.56. The van der Waals surface area contributed by atoms with Gasteiger partial charge in [-0.25, -0.2) is 4.98 Å². The third kappa shape index (κ3) is 5.53. The molecular weight excluding hydrogens is 401 g/mol. The van der Waals surface area contributed by atoms with Gasteiger partial charge in [-0.1, -0.05) is 41.9 Å². The number of halogens is 2. The number of aliphatic hydroxyl groups excluding tert-OH is 1.